The Balaban J connectivity index is 2.15. The highest BCUT2D eigenvalue weighted by atomic mass is 32.2. The van der Waals surface area contributed by atoms with Crippen molar-refractivity contribution in [2.24, 2.45) is 0 Å². The van der Waals surface area contributed by atoms with Gasteiger partial charge in [-0.3, -0.25) is 0 Å². The lowest BCUT2D eigenvalue weighted by molar-refractivity contribution is 0.187. The zero-order valence-electron chi connectivity index (χ0n) is 17.2. The summed E-state index contributed by atoms with van der Waals surface area (Å²) in [7, 11) is -2.01. The van der Waals surface area contributed by atoms with Gasteiger partial charge in [0.05, 0.1) is 18.6 Å². The molecule has 1 N–H and O–H groups in total. The van der Waals surface area contributed by atoms with Gasteiger partial charge in [0.2, 0.25) is 0 Å². The maximum atomic E-state index is 12.9. The first-order valence-electron chi connectivity index (χ1n) is 9.51. The minimum absolute atomic E-state index is 0.00102. The zero-order valence-corrected chi connectivity index (χ0v) is 18.0. The summed E-state index contributed by atoms with van der Waals surface area (Å²) in [4.78, 5) is 14.7. The number of benzene rings is 2. The van der Waals surface area contributed by atoms with Crippen molar-refractivity contribution in [2.45, 2.75) is 39.8 Å². The monoisotopic (exact) mass is 420 g/mol. The summed E-state index contributed by atoms with van der Waals surface area (Å²) in [5.74, 6) is 0.743. The van der Waals surface area contributed by atoms with E-state index >= 15 is 0 Å². The molecule has 0 heterocycles. The number of hydrogen-bond donors (Lipinski definition) is 1. The van der Waals surface area contributed by atoms with Crippen molar-refractivity contribution in [1.82, 2.24) is 4.90 Å². The van der Waals surface area contributed by atoms with E-state index in [0.29, 0.717) is 18.0 Å². The number of nitrogens with one attached hydrogen (secondary N) is 1. The fourth-order valence-corrected chi connectivity index (χ4v) is 3.16. The molecule has 0 aromatic heterocycles. The summed E-state index contributed by atoms with van der Waals surface area (Å²) < 4.78 is 33.5. The normalized spacial score (nSPS) is 12.1. The van der Waals surface area contributed by atoms with E-state index in [4.69, 9.17) is 8.92 Å². The number of nitrogens with zero attached hydrogens (tertiary/aromatic N) is 1. The molecular formula is C21H28N2O5S. The molecule has 1 atom stereocenters. The van der Waals surface area contributed by atoms with E-state index in [0.717, 1.165) is 12.0 Å². The number of carbonyl (C=O) groups excluding carboxylic acids is 1. The topological polar surface area (TPSA) is 84.9 Å². The highest BCUT2D eigenvalue weighted by molar-refractivity contribution is 7.87. The summed E-state index contributed by atoms with van der Waals surface area (Å²) in [5, 5.41) is 2.91. The van der Waals surface area contributed by atoms with Crippen LogP contribution in [0, 0.1) is 0 Å². The Morgan fingerprint density at radius 3 is 2.34 bits per heavy atom. The molecule has 0 aliphatic carbocycles. The van der Waals surface area contributed by atoms with Gasteiger partial charge in [0.15, 0.2) is 0 Å². The van der Waals surface area contributed by atoms with E-state index in [2.05, 4.69) is 5.32 Å². The molecule has 0 saturated carbocycles. The molecule has 0 aliphatic rings. The summed E-state index contributed by atoms with van der Waals surface area (Å²) in [6, 6.07) is 13.7. The fraction of sp³-hybridized carbons (Fsp3) is 0.381. The molecule has 0 fully saturated rings. The van der Waals surface area contributed by atoms with Crippen molar-refractivity contribution in [3.63, 3.8) is 0 Å². The first-order valence-corrected chi connectivity index (χ1v) is 11.1. The molecule has 0 spiro atoms. The van der Waals surface area contributed by atoms with E-state index in [1.54, 1.807) is 48.4 Å². The van der Waals surface area contributed by atoms with E-state index in [9.17, 15) is 13.2 Å². The number of hydrogen-bond acceptors (Lipinski definition) is 5. The van der Waals surface area contributed by atoms with E-state index in [1.807, 2.05) is 26.0 Å². The Morgan fingerprint density at radius 2 is 1.76 bits per heavy atom. The van der Waals surface area contributed by atoms with Crippen molar-refractivity contribution in [2.75, 3.05) is 18.2 Å². The lowest BCUT2D eigenvalue weighted by atomic mass is 10.1. The quantitative estimate of drug-likeness (QED) is 0.613. The molecule has 2 aromatic carbocycles. The molecule has 2 aromatic rings. The number of urea groups is 1. The molecule has 0 bridgehead atoms. The van der Waals surface area contributed by atoms with Gasteiger partial charge in [-0.05, 0) is 50.1 Å². The first kappa shape index (κ1) is 22.5. The smallest absolute Gasteiger partial charge is 0.322 e. The molecule has 2 amide bonds. The van der Waals surface area contributed by atoms with Crippen molar-refractivity contribution in [3.8, 4) is 11.5 Å². The fourth-order valence-electron chi connectivity index (χ4n) is 2.64. The lowest BCUT2D eigenvalue weighted by Crippen LogP contribution is -2.40. The zero-order chi connectivity index (χ0) is 21.4. The van der Waals surface area contributed by atoms with Crippen LogP contribution in [0.2, 0.25) is 0 Å². The largest absolute Gasteiger partial charge is 0.495 e. The van der Waals surface area contributed by atoms with Gasteiger partial charge < -0.3 is 19.1 Å². The number of carbonyl (C=O) groups is 1. The van der Waals surface area contributed by atoms with Crippen LogP contribution in [0.4, 0.5) is 10.5 Å². The summed E-state index contributed by atoms with van der Waals surface area (Å²) in [5.41, 5.74) is 1.46. The molecule has 0 aliphatic heterocycles. The molecule has 7 nitrogen and oxygen atoms in total. The predicted molar refractivity (Wildman–Crippen MR) is 114 cm³/mol. The second kappa shape index (κ2) is 10.2. The molecule has 0 unspecified atom stereocenters. The van der Waals surface area contributed by atoms with E-state index < -0.39 is 10.1 Å². The molecule has 158 valence electrons. The van der Waals surface area contributed by atoms with Gasteiger partial charge in [-0.2, -0.15) is 8.42 Å². The third-order valence-electron chi connectivity index (χ3n) is 4.59. The molecule has 2 rings (SSSR count). The average molecular weight is 421 g/mol. The van der Waals surface area contributed by atoms with Gasteiger partial charge in [-0.15, -0.1) is 0 Å². The maximum Gasteiger partial charge on any atom is 0.322 e. The second-order valence-electron chi connectivity index (χ2n) is 6.59. The summed E-state index contributed by atoms with van der Waals surface area (Å²) >= 11 is 0. The highest BCUT2D eigenvalue weighted by Gasteiger charge is 2.20. The number of rotatable bonds is 9. The minimum atomic E-state index is -3.57. The van der Waals surface area contributed by atoms with Crippen LogP contribution < -0.4 is 14.2 Å². The maximum absolute atomic E-state index is 12.9. The van der Waals surface area contributed by atoms with Crippen molar-refractivity contribution in [1.29, 1.82) is 0 Å². The Morgan fingerprint density at radius 1 is 1.10 bits per heavy atom. The standard InChI is InChI=1S/C21H28N2O5S/c1-5-16(3)23(21(24)22-19-9-7-8-10-20(19)27-4)15-17-11-13-18(14-12-17)28-29(25,26)6-2/h7-14,16H,5-6,15H2,1-4H3,(H,22,24)/t16-/m1/s1. The number of ether oxygens (including phenoxy) is 1. The number of para-hydroxylation sites is 2. The summed E-state index contributed by atoms with van der Waals surface area (Å²) in [6.07, 6.45) is 0.787. The molecule has 8 heteroatoms. The summed E-state index contributed by atoms with van der Waals surface area (Å²) in [6.45, 7) is 5.89. The van der Waals surface area contributed by atoms with Crippen molar-refractivity contribution >= 4 is 21.8 Å². The van der Waals surface area contributed by atoms with Gasteiger partial charge in [0.25, 0.3) is 0 Å². The van der Waals surface area contributed by atoms with Crippen LogP contribution in [-0.4, -0.2) is 38.3 Å². The number of amides is 2. The van der Waals surface area contributed by atoms with Gasteiger partial charge in [0.1, 0.15) is 11.5 Å². The van der Waals surface area contributed by atoms with Crippen LogP contribution in [0.1, 0.15) is 32.8 Å². The minimum Gasteiger partial charge on any atom is -0.495 e. The molecule has 29 heavy (non-hydrogen) atoms. The van der Waals surface area contributed by atoms with Crippen LogP contribution in [0.3, 0.4) is 0 Å². The van der Waals surface area contributed by atoms with Crippen LogP contribution in [0.5, 0.6) is 11.5 Å². The third-order valence-corrected chi connectivity index (χ3v) is 5.74. The van der Waals surface area contributed by atoms with Crippen LogP contribution >= 0.6 is 0 Å². The van der Waals surface area contributed by atoms with Crippen molar-refractivity contribution in [3.05, 3.63) is 54.1 Å². The Bertz CT molecular complexity index is 913. The van der Waals surface area contributed by atoms with Crippen molar-refractivity contribution < 1.29 is 22.1 Å². The molecular weight excluding hydrogens is 392 g/mol. The van der Waals surface area contributed by atoms with Gasteiger partial charge in [-0.1, -0.05) is 31.2 Å². The van der Waals surface area contributed by atoms with Gasteiger partial charge in [0, 0.05) is 12.6 Å². The third kappa shape index (κ3) is 6.39. The molecule has 0 saturated heterocycles. The van der Waals surface area contributed by atoms with E-state index in [1.165, 1.54) is 6.92 Å². The Hall–Kier alpha value is -2.74. The second-order valence-corrected chi connectivity index (χ2v) is 8.45. The van der Waals surface area contributed by atoms with Gasteiger partial charge in [-0.25, -0.2) is 4.79 Å². The molecule has 0 radical (unpaired) electrons. The SMILES string of the molecule is CC[C@@H](C)N(Cc1ccc(OS(=O)(=O)CC)cc1)C(=O)Nc1ccccc1OC. The number of methoxy groups -OCH3 is 1. The first-order chi connectivity index (χ1) is 13.8. The highest BCUT2D eigenvalue weighted by Crippen LogP contribution is 2.24. The van der Waals surface area contributed by atoms with E-state index in [-0.39, 0.29) is 23.6 Å². The van der Waals surface area contributed by atoms with Crippen LogP contribution in [0.25, 0.3) is 0 Å². The predicted octanol–water partition coefficient (Wildman–Crippen LogP) is 4.26. The average Bonchev–Trinajstić information content (AvgIpc) is 2.72. The number of anilines is 1. The van der Waals surface area contributed by atoms with Crippen LogP contribution in [-0.2, 0) is 16.7 Å². The van der Waals surface area contributed by atoms with Crippen LogP contribution in [0.15, 0.2) is 48.5 Å². The Labute approximate surface area is 172 Å². The lowest BCUT2D eigenvalue weighted by Gasteiger charge is -2.29. The Kier molecular flexibility index (Phi) is 7.90. The van der Waals surface area contributed by atoms with Gasteiger partial charge >= 0.3 is 16.1 Å².